The fourth-order valence-electron chi connectivity index (χ4n) is 2.01. The number of hydrogen-bond acceptors (Lipinski definition) is 6. The van der Waals surface area contributed by atoms with Crippen LogP contribution >= 0.6 is 11.3 Å². The molecule has 1 heterocycles. The zero-order chi connectivity index (χ0) is 18.1. The lowest BCUT2D eigenvalue weighted by molar-refractivity contribution is 0.0696. The molecule has 0 atom stereocenters. The molecule has 0 aliphatic rings. The Morgan fingerprint density at radius 3 is 2.46 bits per heavy atom. The van der Waals surface area contributed by atoms with Crippen molar-refractivity contribution >= 4 is 38.7 Å². The monoisotopic (exact) mass is 368 g/mol. The van der Waals surface area contributed by atoms with Gasteiger partial charge in [0, 0.05) is 11.9 Å². The number of aromatic nitrogens is 1. The molecule has 0 saturated carbocycles. The largest absolute Gasteiger partial charge is 0.478 e. The van der Waals surface area contributed by atoms with Gasteiger partial charge in [0.1, 0.15) is 4.88 Å². The molecule has 0 spiro atoms. The first-order valence-electron chi connectivity index (χ1n) is 6.98. The van der Waals surface area contributed by atoms with Gasteiger partial charge in [-0.05, 0) is 31.5 Å². The molecule has 0 fully saturated rings. The van der Waals surface area contributed by atoms with Gasteiger partial charge in [-0.25, -0.2) is 18.2 Å². The number of carbonyl (C=O) groups is 2. The highest BCUT2D eigenvalue weighted by atomic mass is 32.2. The number of nitrogens with zero attached hydrogens (tertiary/aromatic N) is 1. The molecule has 1 amide bonds. The summed E-state index contributed by atoms with van der Waals surface area (Å²) in [7, 11) is -3.61. The Morgan fingerprint density at radius 2 is 1.96 bits per heavy atom. The summed E-state index contributed by atoms with van der Waals surface area (Å²) in [6.07, 6.45) is 1.67. The number of carbonyl (C=O) groups excluding carboxylic acids is 1. The fraction of sp³-hybridized carbons (Fsp3) is 0.267. The second-order valence-electron chi connectivity index (χ2n) is 5.15. The Hall–Kier alpha value is -2.26. The smallest absolute Gasteiger partial charge is 0.335 e. The van der Waals surface area contributed by atoms with Crippen molar-refractivity contribution in [2.24, 2.45) is 0 Å². The summed E-state index contributed by atoms with van der Waals surface area (Å²) < 4.78 is 23.4. The van der Waals surface area contributed by atoms with Crippen molar-refractivity contribution in [3.63, 3.8) is 0 Å². The van der Waals surface area contributed by atoms with E-state index in [2.05, 4.69) is 10.3 Å². The molecule has 1 aromatic carbocycles. The van der Waals surface area contributed by atoms with Gasteiger partial charge in [-0.1, -0.05) is 6.92 Å². The van der Waals surface area contributed by atoms with Crippen LogP contribution in [-0.2, 0) is 16.3 Å². The van der Waals surface area contributed by atoms with Gasteiger partial charge in [0.15, 0.2) is 9.84 Å². The summed E-state index contributed by atoms with van der Waals surface area (Å²) in [6, 6.07) is 3.50. The first-order chi connectivity index (χ1) is 11.1. The van der Waals surface area contributed by atoms with Crippen LogP contribution in [0.25, 0.3) is 0 Å². The third-order valence-electron chi connectivity index (χ3n) is 3.19. The molecule has 0 saturated heterocycles. The number of benzene rings is 1. The molecule has 0 unspecified atom stereocenters. The highest BCUT2D eigenvalue weighted by Gasteiger charge is 2.18. The second-order valence-corrected chi connectivity index (χ2v) is 8.25. The van der Waals surface area contributed by atoms with E-state index in [1.54, 1.807) is 6.92 Å². The van der Waals surface area contributed by atoms with Crippen LogP contribution in [0.5, 0.6) is 0 Å². The number of amides is 1. The summed E-state index contributed by atoms with van der Waals surface area (Å²) in [5.74, 6) is -1.73. The number of rotatable bonds is 5. The summed E-state index contributed by atoms with van der Waals surface area (Å²) in [5, 5.41) is 12.5. The molecular weight excluding hydrogens is 352 g/mol. The molecular formula is C15H16N2O5S2. The summed E-state index contributed by atoms with van der Waals surface area (Å²) >= 11 is 1.25. The van der Waals surface area contributed by atoms with Gasteiger partial charge in [0.05, 0.1) is 21.2 Å². The standard InChI is InChI=1S/C15H16N2O5S2/c1-4-12-16-8(2)13(23-12)14(18)17-10-5-9(15(19)20)6-11(7-10)24(3,21)22/h5-7H,4H2,1-3H3,(H,17,18)(H,19,20). The highest BCUT2D eigenvalue weighted by molar-refractivity contribution is 7.90. The Kier molecular flexibility index (Phi) is 5.05. The van der Waals surface area contributed by atoms with Crippen LogP contribution in [0.15, 0.2) is 23.1 Å². The lowest BCUT2D eigenvalue weighted by atomic mass is 10.2. The molecule has 0 aliphatic heterocycles. The number of carboxylic acid groups (broad SMARTS) is 1. The van der Waals surface area contributed by atoms with E-state index in [0.29, 0.717) is 17.0 Å². The molecule has 2 rings (SSSR count). The molecule has 7 nitrogen and oxygen atoms in total. The van der Waals surface area contributed by atoms with E-state index in [1.807, 2.05) is 6.92 Å². The minimum atomic E-state index is -3.61. The second kappa shape index (κ2) is 6.70. The van der Waals surface area contributed by atoms with Crippen molar-refractivity contribution in [2.45, 2.75) is 25.2 Å². The van der Waals surface area contributed by atoms with Crippen molar-refractivity contribution in [3.05, 3.63) is 39.3 Å². The minimum absolute atomic E-state index is 0.103. The Bertz CT molecular complexity index is 916. The maximum Gasteiger partial charge on any atom is 0.335 e. The van der Waals surface area contributed by atoms with E-state index in [-0.39, 0.29) is 16.1 Å². The minimum Gasteiger partial charge on any atom is -0.478 e. The van der Waals surface area contributed by atoms with Crippen LogP contribution in [-0.4, -0.2) is 36.6 Å². The van der Waals surface area contributed by atoms with Gasteiger partial charge in [0.25, 0.3) is 5.91 Å². The number of carboxylic acids is 1. The van der Waals surface area contributed by atoms with Crippen molar-refractivity contribution < 1.29 is 23.1 Å². The number of aryl methyl sites for hydroxylation is 2. The van der Waals surface area contributed by atoms with Crippen LogP contribution in [0.2, 0.25) is 0 Å². The van der Waals surface area contributed by atoms with E-state index in [9.17, 15) is 18.0 Å². The van der Waals surface area contributed by atoms with Crippen molar-refractivity contribution in [1.82, 2.24) is 4.98 Å². The molecule has 0 radical (unpaired) electrons. The van der Waals surface area contributed by atoms with Crippen molar-refractivity contribution in [2.75, 3.05) is 11.6 Å². The predicted molar refractivity (Wildman–Crippen MR) is 90.7 cm³/mol. The summed E-state index contributed by atoms with van der Waals surface area (Å²) in [6.45, 7) is 3.63. The molecule has 24 heavy (non-hydrogen) atoms. The Labute approximate surface area is 143 Å². The molecule has 0 aliphatic carbocycles. The van der Waals surface area contributed by atoms with Crippen LogP contribution in [0, 0.1) is 6.92 Å². The topological polar surface area (TPSA) is 113 Å². The average Bonchev–Trinajstić information content (AvgIpc) is 2.87. The number of aromatic carboxylic acids is 1. The van der Waals surface area contributed by atoms with Gasteiger partial charge in [-0.3, -0.25) is 4.79 Å². The molecule has 9 heteroatoms. The first-order valence-corrected chi connectivity index (χ1v) is 9.68. The number of sulfone groups is 1. The zero-order valence-electron chi connectivity index (χ0n) is 13.3. The number of nitrogens with one attached hydrogen (secondary N) is 1. The van der Waals surface area contributed by atoms with Gasteiger partial charge >= 0.3 is 5.97 Å². The highest BCUT2D eigenvalue weighted by Crippen LogP contribution is 2.23. The maximum atomic E-state index is 12.4. The first kappa shape index (κ1) is 18.1. The molecule has 1 aromatic heterocycles. The Balaban J connectivity index is 2.41. The number of anilines is 1. The van der Waals surface area contributed by atoms with Crippen LogP contribution < -0.4 is 5.32 Å². The van der Waals surface area contributed by atoms with Gasteiger partial charge in [-0.15, -0.1) is 11.3 Å². The van der Waals surface area contributed by atoms with E-state index >= 15 is 0 Å². The van der Waals surface area contributed by atoms with Gasteiger partial charge in [-0.2, -0.15) is 0 Å². The van der Waals surface area contributed by atoms with Crippen LogP contribution in [0.1, 0.15) is 37.7 Å². The molecule has 128 valence electrons. The van der Waals surface area contributed by atoms with Crippen molar-refractivity contribution in [1.29, 1.82) is 0 Å². The molecule has 2 N–H and O–H groups in total. The quantitative estimate of drug-likeness (QED) is 0.837. The average molecular weight is 368 g/mol. The van der Waals surface area contributed by atoms with Gasteiger partial charge in [0.2, 0.25) is 0 Å². The van der Waals surface area contributed by atoms with Crippen LogP contribution in [0.4, 0.5) is 5.69 Å². The zero-order valence-corrected chi connectivity index (χ0v) is 14.9. The molecule has 0 bridgehead atoms. The summed E-state index contributed by atoms with van der Waals surface area (Å²) in [4.78, 5) is 28.0. The van der Waals surface area contributed by atoms with Crippen molar-refractivity contribution in [3.8, 4) is 0 Å². The number of thiazole rings is 1. The predicted octanol–water partition coefficient (Wildman–Crippen LogP) is 2.37. The van der Waals surface area contributed by atoms with Gasteiger partial charge < -0.3 is 10.4 Å². The summed E-state index contributed by atoms with van der Waals surface area (Å²) in [5.41, 5.74) is 0.460. The molecule has 2 aromatic rings. The van der Waals surface area contributed by atoms with Crippen LogP contribution in [0.3, 0.4) is 0 Å². The van der Waals surface area contributed by atoms with E-state index in [1.165, 1.54) is 23.5 Å². The third-order valence-corrected chi connectivity index (χ3v) is 5.58. The Morgan fingerprint density at radius 1 is 1.29 bits per heavy atom. The normalized spacial score (nSPS) is 11.3. The SMILES string of the molecule is CCc1nc(C)c(C(=O)Nc2cc(C(=O)O)cc(S(C)(=O)=O)c2)s1. The lowest BCUT2D eigenvalue weighted by Gasteiger charge is -2.08. The van der Waals surface area contributed by atoms with E-state index in [4.69, 9.17) is 5.11 Å². The van der Waals surface area contributed by atoms with E-state index in [0.717, 1.165) is 17.3 Å². The lowest BCUT2D eigenvalue weighted by Crippen LogP contribution is -2.13. The third kappa shape index (κ3) is 3.98. The van der Waals surface area contributed by atoms with E-state index < -0.39 is 21.7 Å². The fourth-order valence-corrected chi connectivity index (χ4v) is 3.59. The maximum absolute atomic E-state index is 12.4. The number of hydrogen-bond donors (Lipinski definition) is 2.